The van der Waals surface area contributed by atoms with Crippen LogP contribution >= 0.6 is 11.8 Å². The van der Waals surface area contributed by atoms with Gasteiger partial charge >= 0.3 is 0 Å². The van der Waals surface area contributed by atoms with E-state index >= 15 is 0 Å². The van der Waals surface area contributed by atoms with E-state index in [-0.39, 0.29) is 16.7 Å². The normalized spacial score (nSPS) is 11.9. The number of thioether (sulfide) groups is 1. The lowest BCUT2D eigenvalue weighted by molar-refractivity contribution is -0.384. The Kier molecular flexibility index (Phi) is 4.63. The van der Waals surface area contributed by atoms with Gasteiger partial charge in [0.2, 0.25) is 0 Å². The van der Waals surface area contributed by atoms with Gasteiger partial charge in [0.15, 0.2) is 0 Å². The van der Waals surface area contributed by atoms with Gasteiger partial charge in [0, 0.05) is 17.0 Å². The number of nitrogens with one attached hydrogen (secondary N) is 1. The van der Waals surface area contributed by atoms with E-state index in [0.29, 0.717) is 5.69 Å². The van der Waals surface area contributed by atoms with Crippen molar-refractivity contribution in [2.24, 2.45) is 0 Å². The Morgan fingerprint density at radius 3 is 2.40 bits per heavy atom. The summed E-state index contributed by atoms with van der Waals surface area (Å²) < 4.78 is 0. The molecule has 2 aromatic carbocycles. The molecule has 4 nitrogen and oxygen atoms in total. The Morgan fingerprint density at radius 2 is 1.80 bits per heavy atom. The lowest BCUT2D eigenvalue weighted by atomic mass is 10.1. The Bertz CT molecular complexity index is 599. The van der Waals surface area contributed by atoms with Crippen LogP contribution in [0, 0.1) is 10.1 Å². The summed E-state index contributed by atoms with van der Waals surface area (Å²) in [4.78, 5) is 11.8. The highest BCUT2D eigenvalue weighted by Gasteiger charge is 2.14. The fraction of sp³-hybridized carbons (Fsp3) is 0.200. The molecule has 0 aliphatic carbocycles. The summed E-state index contributed by atoms with van der Waals surface area (Å²) in [5, 5.41) is 14.2. The number of benzene rings is 2. The van der Waals surface area contributed by atoms with Gasteiger partial charge in [0.25, 0.3) is 5.69 Å². The fourth-order valence-corrected chi connectivity index (χ4v) is 2.37. The third kappa shape index (κ3) is 3.30. The molecule has 0 radical (unpaired) electrons. The second-order valence-electron chi connectivity index (χ2n) is 4.41. The minimum absolute atomic E-state index is 0.00649. The van der Waals surface area contributed by atoms with Gasteiger partial charge in [0.05, 0.1) is 4.92 Å². The van der Waals surface area contributed by atoms with Crippen molar-refractivity contribution in [1.29, 1.82) is 0 Å². The maximum Gasteiger partial charge on any atom is 0.292 e. The second-order valence-corrected chi connectivity index (χ2v) is 5.29. The van der Waals surface area contributed by atoms with Crippen molar-refractivity contribution >= 4 is 23.1 Å². The number of nitro groups is 1. The standard InChI is InChI=1S/C15H16N2O2S/c1-11(12-7-9-13(20-2)10-8-12)16-14-5-3-4-6-15(14)17(18)19/h3-11,16H,1-2H3. The molecule has 1 unspecified atom stereocenters. The molecule has 2 aromatic rings. The number of nitrogens with zero attached hydrogens (tertiary/aromatic N) is 1. The highest BCUT2D eigenvalue weighted by molar-refractivity contribution is 7.98. The monoisotopic (exact) mass is 288 g/mol. The van der Waals surface area contributed by atoms with Crippen LogP contribution < -0.4 is 5.32 Å². The number of hydrogen-bond acceptors (Lipinski definition) is 4. The summed E-state index contributed by atoms with van der Waals surface area (Å²) >= 11 is 1.69. The molecule has 1 atom stereocenters. The Morgan fingerprint density at radius 1 is 1.15 bits per heavy atom. The van der Waals surface area contributed by atoms with E-state index in [1.54, 1.807) is 30.0 Å². The SMILES string of the molecule is CSc1ccc(C(C)Nc2ccccc2[N+](=O)[O-])cc1. The predicted molar refractivity (Wildman–Crippen MR) is 83.4 cm³/mol. The van der Waals surface area contributed by atoms with Crippen LogP contribution in [0.2, 0.25) is 0 Å². The minimum Gasteiger partial charge on any atom is -0.373 e. The molecule has 0 aliphatic heterocycles. The van der Waals surface area contributed by atoms with E-state index in [2.05, 4.69) is 17.4 Å². The highest BCUT2D eigenvalue weighted by Crippen LogP contribution is 2.28. The number of para-hydroxylation sites is 2. The third-order valence-electron chi connectivity index (χ3n) is 3.09. The van der Waals surface area contributed by atoms with Crippen LogP contribution in [0.15, 0.2) is 53.4 Å². The van der Waals surface area contributed by atoms with E-state index in [4.69, 9.17) is 0 Å². The Labute approximate surface area is 122 Å². The van der Waals surface area contributed by atoms with Crippen molar-refractivity contribution in [2.75, 3.05) is 11.6 Å². The molecule has 0 fully saturated rings. The van der Waals surface area contributed by atoms with Crippen LogP contribution in [0.4, 0.5) is 11.4 Å². The molecule has 104 valence electrons. The summed E-state index contributed by atoms with van der Waals surface area (Å²) in [6, 6.07) is 14.9. The first kappa shape index (κ1) is 14.4. The first-order valence-electron chi connectivity index (χ1n) is 6.25. The van der Waals surface area contributed by atoms with Crippen LogP contribution in [-0.4, -0.2) is 11.2 Å². The van der Waals surface area contributed by atoms with Crippen molar-refractivity contribution in [2.45, 2.75) is 17.9 Å². The van der Waals surface area contributed by atoms with Crippen LogP contribution in [-0.2, 0) is 0 Å². The van der Waals surface area contributed by atoms with Crippen molar-refractivity contribution in [3.05, 3.63) is 64.2 Å². The van der Waals surface area contributed by atoms with E-state index in [0.717, 1.165) is 5.56 Å². The molecular formula is C15H16N2O2S. The average Bonchev–Trinajstić information content (AvgIpc) is 2.47. The molecule has 0 saturated heterocycles. The highest BCUT2D eigenvalue weighted by atomic mass is 32.2. The first-order valence-corrected chi connectivity index (χ1v) is 7.48. The maximum absolute atomic E-state index is 11.0. The summed E-state index contributed by atoms with van der Waals surface area (Å²) in [5.74, 6) is 0. The van der Waals surface area contributed by atoms with Gasteiger partial charge in [-0.2, -0.15) is 0 Å². The van der Waals surface area contributed by atoms with E-state index in [9.17, 15) is 10.1 Å². The summed E-state index contributed by atoms with van der Waals surface area (Å²) in [6.45, 7) is 1.99. The van der Waals surface area contributed by atoms with E-state index < -0.39 is 0 Å². The van der Waals surface area contributed by atoms with E-state index in [1.807, 2.05) is 25.3 Å². The van der Waals surface area contributed by atoms with Gasteiger partial charge < -0.3 is 5.32 Å². The quantitative estimate of drug-likeness (QED) is 0.500. The molecule has 1 N–H and O–H groups in total. The van der Waals surface area contributed by atoms with Gasteiger partial charge in [-0.25, -0.2) is 0 Å². The third-order valence-corrected chi connectivity index (χ3v) is 3.83. The van der Waals surface area contributed by atoms with Crippen molar-refractivity contribution in [3.63, 3.8) is 0 Å². The first-order chi connectivity index (χ1) is 9.61. The van der Waals surface area contributed by atoms with Crippen LogP contribution in [0.1, 0.15) is 18.5 Å². The second kappa shape index (κ2) is 6.43. The minimum atomic E-state index is -0.369. The average molecular weight is 288 g/mol. The van der Waals surface area contributed by atoms with Gasteiger partial charge in [-0.3, -0.25) is 10.1 Å². The molecule has 0 heterocycles. The van der Waals surface area contributed by atoms with Gasteiger partial charge in [0.1, 0.15) is 5.69 Å². The predicted octanol–water partition coefficient (Wildman–Crippen LogP) is 4.49. The largest absolute Gasteiger partial charge is 0.373 e. The molecule has 0 aromatic heterocycles. The number of hydrogen-bond donors (Lipinski definition) is 1. The van der Waals surface area contributed by atoms with Crippen molar-refractivity contribution < 1.29 is 4.92 Å². The maximum atomic E-state index is 11.0. The molecule has 0 saturated carbocycles. The Hall–Kier alpha value is -2.01. The van der Waals surface area contributed by atoms with Crippen LogP contribution in [0.3, 0.4) is 0 Å². The van der Waals surface area contributed by atoms with Crippen LogP contribution in [0.5, 0.6) is 0 Å². The lowest BCUT2D eigenvalue weighted by Gasteiger charge is -2.16. The lowest BCUT2D eigenvalue weighted by Crippen LogP contribution is -2.08. The molecular weight excluding hydrogens is 272 g/mol. The molecule has 20 heavy (non-hydrogen) atoms. The summed E-state index contributed by atoms with van der Waals surface area (Å²) in [5.41, 5.74) is 1.74. The van der Waals surface area contributed by atoms with Gasteiger partial charge in [-0.05, 0) is 36.9 Å². The molecule has 5 heteroatoms. The van der Waals surface area contributed by atoms with Gasteiger partial charge in [-0.15, -0.1) is 11.8 Å². The molecule has 0 bridgehead atoms. The van der Waals surface area contributed by atoms with E-state index in [1.165, 1.54) is 11.0 Å². The smallest absolute Gasteiger partial charge is 0.292 e. The zero-order valence-corrected chi connectivity index (χ0v) is 12.2. The number of nitro benzene ring substituents is 1. The molecule has 0 amide bonds. The fourth-order valence-electron chi connectivity index (χ4n) is 1.96. The van der Waals surface area contributed by atoms with Crippen molar-refractivity contribution in [1.82, 2.24) is 0 Å². The molecule has 0 spiro atoms. The Balaban J connectivity index is 2.18. The summed E-state index contributed by atoms with van der Waals surface area (Å²) in [6.07, 6.45) is 2.03. The zero-order valence-electron chi connectivity index (χ0n) is 11.4. The summed E-state index contributed by atoms with van der Waals surface area (Å²) in [7, 11) is 0. The molecule has 2 rings (SSSR count). The van der Waals surface area contributed by atoms with Crippen LogP contribution in [0.25, 0.3) is 0 Å². The zero-order chi connectivity index (χ0) is 14.5. The topological polar surface area (TPSA) is 55.2 Å². The van der Waals surface area contributed by atoms with Gasteiger partial charge in [-0.1, -0.05) is 24.3 Å². The van der Waals surface area contributed by atoms with Crippen molar-refractivity contribution in [3.8, 4) is 0 Å². The molecule has 0 aliphatic rings. The number of anilines is 1. The number of rotatable bonds is 5.